The van der Waals surface area contributed by atoms with Crippen LogP contribution in [-0.4, -0.2) is 12.2 Å². The number of nitrogens with zero attached hydrogens (tertiary/aromatic N) is 1. The van der Waals surface area contributed by atoms with Gasteiger partial charge in [-0.3, -0.25) is 0 Å². The maximum atomic E-state index is 13.2. The van der Waals surface area contributed by atoms with E-state index in [0.717, 1.165) is 15.7 Å². The number of aliphatic hydroxyl groups excluding tert-OH is 1. The number of anilines is 1. The highest BCUT2D eigenvalue weighted by molar-refractivity contribution is 9.10. The molecule has 0 spiro atoms. The van der Waals surface area contributed by atoms with Crippen molar-refractivity contribution < 1.29 is 9.50 Å². The Kier molecular flexibility index (Phi) is 4.56. The van der Waals surface area contributed by atoms with Crippen LogP contribution in [0.2, 0.25) is 0 Å². The molecule has 2 nitrogen and oxygen atoms in total. The fraction of sp³-hybridized carbons (Fsp3) is 0.200. The molecule has 0 aliphatic carbocycles. The predicted octanol–water partition coefficient (Wildman–Crippen LogP) is 3.72. The second-order valence-corrected chi connectivity index (χ2v) is 5.23. The Hall–Kier alpha value is -1.39. The highest BCUT2D eigenvalue weighted by Crippen LogP contribution is 2.24. The summed E-state index contributed by atoms with van der Waals surface area (Å²) in [6.45, 7) is 0.507. The zero-order valence-electron chi connectivity index (χ0n) is 10.6. The average molecular weight is 324 g/mol. The van der Waals surface area contributed by atoms with Crippen LogP contribution in [0.3, 0.4) is 0 Å². The number of benzene rings is 2. The van der Waals surface area contributed by atoms with Crippen LogP contribution < -0.4 is 4.90 Å². The largest absolute Gasteiger partial charge is 0.392 e. The molecule has 0 amide bonds. The Morgan fingerprint density at radius 3 is 2.58 bits per heavy atom. The summed E-state index contributed by atoms with van der Waals surface area (Å²) in [4.78, 5) is 1.99. The van der Waals surface area contributed by atoms with Crippen molar-refractivity contribution in [2.24, 2.45) is 0 Å². The number of hydrogen-bond donors (Lipinski definition) is 1. The van der Waals surface area contributed by atoms with Crippen LogP contribution >= 0.6 is 15.9 Å². The zero-order valence-corrected chi connectivity index (χ0v) is 12.2. The van der Waals surface area contributed by atoms with Crippen LogP contribution in [0.25, 0.3) is 0 Å². The van der Waals surface area contributed by atoms with E-state index in [2.05, 4.69) is 15.9 Å². The van der Waals surface area contributed by atoms with Crippen molar-refractivity contribution in [3.63, 3.8) is 0 Å². The molecular weight excluding hydrogens is 309 g/mol. The molecule has 0 unspecified atom stereocenters. The Labute approximate surface area is 120 Å². The van der Waals surface area contributed by atoms with Gasteiger partial charge in [-0.2, -0.15) is 0 Å². The first-order valence-corrected chi connectivity index (χ1v) is 6.75. The molecule has 0 radical (unpaired) electrons. The lowest BCUT2D eigenvalue weighted by Crippen LogP contribution is -2.18. The quantitative estimate of drug-likeness (QED) is 0.927. The van der Waals surface area contributed by atoms with Gasteiger partial charge < -0.3 is 10.0 Å². The Bertz CT molecular complexity index is 574. The summed E-state index contributed by atoms with van der Waals surface area (Å²) in [5.74, 6) is -0.331. The Morgan fingerprint density at radius 2 is 1.89 bits per heavy atom. The molecule has 4 heteroatoms. The smallest absolute Gasteiger partial charge is 0.123 e. The van der Waals surface area contributed by atoms with Gasteiger partial charge in [0, 0.05) is 29.3 Å². The van der Waals surface area contributed by atoms with Gasteiger partial charge >= 0.3 is 0 Å². The lowest BCUT2D eigenvalue weighted by Gasteiger charge is -2.22. The minimum Gasteiger partial charge on any atom is -0.392 e. The van der Waals surface area contributed by atoms with Gasteiger partial charge in [0.05, 0.1) is 6.61 Å². The minimum atomic E-state index is -0.331. The van der Waals surface area contributed by atoms with E-state index in [1.807, 2.05) is 36.2 Å². The van der Waals surface area contributed by atoms with E-state index in [1.165, 1.54) is 12.1 Å². The zero-order chi connectivity index (χ0) is 13.8. The molecule has 19 heavy (non-hydrogen) atoms. The van der Waals surface area contributed by atoms with Crippen molar-refractivity contribution in [1.82, 2.24) is 0 Å². The number of halogens is 2. The molecule has 0 heterocycles. The molecule has 0 aliphatic heterocycles. The summed E-state index contributed by atoms with van der Waals surface area (Å²) < 4.78 is 14.2. The summed E-state index contributed by atoms with van der Waals surface area (Å²) >= 11 is 3.51. The molecule has 0 aliphatic rings. The molecule has 0 saturated carbocycles. The van der Waals surface area contributed by atoms with Crippen LogP contribution in [0.5, 0.6) is 0 Å². The van der Waals surface area contributed by atoms with E-state index in [9.17, 15) is 9.50 Å². The second kappa shape index (κ2) is 6.17. The fourth-order valence-corrected chi connectivity index (χ4v) is 2.43. The second-order valence-electron chi connectivity index (χ2n) is 4.38. The standard InChI is InChI=1S/C15H15BrFNO/c1-18(9-11-4-2-3-5-14(11)16)15-7-6-13(17)8-12(15)10-19/h2-8,19H,9-10H2,1H3. The van der Waals surface area contributed by atoms with E-state index in [4.69, 9.17) is 0 Å². The first-order valence-electron chi connectivity index (χ1n) is 5.95. The summed E-state index contributed by atoms with van der Waals surface area (Å²) in [7, 11) is 1.92. The molecular formula is C15H15BrFNO. The van der Waals surface area contributed by atoms with E-state index >= 15 is 0 Å². The lowest BCUT2D eigenvalue weighted by molar-refractivity contribution is 0.281. The minimum absolute atomic E-state index is 0.173. The molecule has 2 aromatic rings. The average Bonchev–Trinajstić information content (AvgIpc) is 2.41. The monoisotopic (exact) mass is 323 g/mol. The normalized spacial score (nSPS) is 10.5. The van der Waals surface area contributed by atoms with Crippen molar-refractivity contribution in [3.8, 4) is 0 Å². The van der Waals surface area contributed by atoms with Crippen LogP contribution in [0.4, 0.5) is 10.1 Å². The summed E-state index contributed by atoms with van der Waals surface area (Å²) in [6.07, 6.45) is 0. The van der Waals surface area contributed by atoms with Gasteiger partial charge in [0.1, 0.15) is 5.82 Å². The van der Waals surface area contributed by atoms with Gasteiger partial charge in [0.15, 0.2) is 0 Å². The van der Waals surface area contributed by atoms with Gasteiger partial charge in [-0.15, -0.1) is 0 Å². The van der Waals surface area contributed by atoms with Gasteiger partial charge in [0.2, 0.25) is 0 Å². The summed E-state index contributed by atoms with van der Waals surface area (Å²) in [5, 5.41) is 9.31. The van der Waals surface area contributed by atoms with E-state index < -0.39 is 0 Å². The Morgan fingerprint density at radius 1 is 1.16 bits per heavy atom. The molecule has 1 N–H and O–H groups in total. The van der Waals surface area contributed by atoms with E-state index in [-0.39, 0.29) is 12.4 Å². The molecule has 0 aromatic heterocycles. The van der Waals surface area contributed by atoms with Crippen LogP contribution in [0.1, 0.15) is 11.1 Å². The number of rotatable bonds is 4. The topological polar surface area (TPSA) is 23.5 Å². The van der Waals surface area contributed by atoms with Crippen LogP contribution in [-0.2, 0) is 13.2 Å². The van der Waals surface area contributed by atoms with Gasteiger partial charge in [-0.1, -0.05) is 34.1 Å². The third-order valence-corrected chi connectivity index (χ3v) is 3.76. The Balaban J connectivity index is 2.25. The van der Waals surface area contributed by atoms with Crippen molar-refractivity contribution >= 4 is 21.6 Å². The van der Waals surface area contributed by atoms with Gasteiger partial charge in [-0.25, -0.2) is 4.39 Å². The summed E-state index contributed by atoms with van der Waals surface area (Å²) in [5.41, 5.74) is 2.56. The first kappa shape index (κ1) is 14.0. The first-order chi connectivity index (χ1) is 9.11. The van der Waals surface area contributed by atoms with Gasteiger partial charge in [-0.05, 0) is 29.8 Å². The van der Waals surface area contributed by atoms with Crippen LogP contribution in [0.15, 0.2) is 46.9 Å². The predicted molar refractivity (Wildman–Crippen MR) is 78.6 cm³/mol. The number of aliphatic hydroxyl groups is 1. The van der Waals surface area contributed by atoms with Gasteiger partial charge in [0.25, 0.3) is 0 Å². The maximum Gasteiger partial charge on any atom is 0.123 e. The van der Waals surface area contributed by atoms with Crippen molar-refractivity contribution in [3.05, 3.63) is 63.9 Å². The molecule has 0 bridgehead atoms. The molecule has 100 valence electrons. The fourth-order valence-electron chi connectivity index (χ4n) is 2.02. The third-order valence-electron chi connectivity index (χ3n) is 2.99. The highest BCUT2D eigenvalue weighted by atomic mass is 79.9. The third kappa shape index (κ3) is 3.33. The SMILES string of the molecule is CN(Cc1ccccc1Br)c1ccc(F)cc1CO. The maximum absolute atomic E-state index is 13.2. The highest BCUT2D eigenvalue weighted by Gasteiger charge is 2.10. The lowest BCUT2D eigenvalue weighted by atomic mass is 10.1. The van der Waals surface area contributed by atoms with Crippen molar-refractivity contribution in [2.45, 2.75) is 13.2 Å². The summed E-state index contributed by atoms with van der Waals surface area (Å²) in [6, 6.07) is 12.4. The van der Waals surface area contributed by atoms with Crippen molar-refractivity contribution in [2.75, 3.05) is 11.9 Å². The van der Waals surface area contributed by atoms with Crippen molar-refractivity contribution in [1.29, 1.82) is 0 Å². The molecule has 2 aromatic carbocycles. The molecule has 0 atom stereocenters. The number of hydrogen-bond acceptors (Lipinski definition) is 2. The molecule has 0 fully saturated rings. The molecule has 0 saturated heterocycles. The molecule has 2 rings (SSSR count). The van der Waals surface area contributed by atoms with Crippen LogP contribution in [0, 0.1) is 5.82 Å². The van der Waals surface area contributed by atoms with E-state index in [0.29, 0.717) is 12.1 Å². The van der Waals surface area contributed by atoms with E-state index in [1.54, 1.807) is 6.07 Å².